The van der Waals surface area contributed by atoms with Gasteiger partial charge in [0.1, 0.15) is 11.3 Å². The molecule has 0 aliphatic heterocycles. The molecular weight excluding hydrogens is 547 g/mol. The molecular formula is C38H23N3OS. The fourth-order valence-corrected chi connectivity index (χ4v) is 8.02. The van der Waals surface area contributed by atoms with Crippen LogP contribution in [0.15, 0.2) is 114 Å². The monoisotopic (exact) mass is 569 g/mol. The minimum atomic E-state index is 0.668. The average molecular weight is 570 g/mol. The molecule has 0 atom stereocenters. The summed E-state index contributed by atoms with van der Waals surface area (Å²) in [6.07, 6.45) is 6.41. The summed E-state index contributed by atoms with van der Waals surface area (Å²) in [5, 5.41) is 7.13. The van der Waals surface area contributed by atoms with Crippen LogP contribution in [-0.2, 0) is 6.42 Å². The van der Waals surface area contributed by atoms with Gasteiger partial charge in [-0.15, -0.1) is 11.3 Å². The molecule has 0 saturated heterocycles. The topological polar surface area (TPSA) is 43.9 Å². The maximum Gasteiger partial charge on any atom is 0.235 e. The molecule has 0 bridgehead atoms. The van der Waals surface area contributed by atoms with Crippen molar-refractivity contribution in [2.75, 3.05) is 0 Å². The summed E-state index contributed by atoms with van der Waals surface area (Å²) in [7, 11) is 0. The molecule has 1 aliphatic rings. The van der Waals surface area contributed by atoms with Crippen molar-refractivity contribution in [3.05, 3.63) is 121 Å². The Morgan fingerprint density at radius 2 is 1.51 bits per heavy atom. The molecule has 9 aromatic rings. The number of furan rings is 1. The number of hydrogen-bond acceptors (Lipinski definition) is 4. The first-order valence-corrected chi connectivity index (χ1v) is 15.5. The van der Waals surface area contributed by atoms with Gasteiger partial charge in [0.05, 0.1) is 26.9 Å². The molecule has 0 spiro atoms. The molecule has 4 nitrogen and oxygen atoms in total. The largest absolute Gasteiger partial charge is 0.460 e. The third-order valence-electron chi connectivity index (χ3n) is 8.84. The average Bonchev–Trinajstić information content (AvgIpc) is 3.71. The van der Waals surface area contributed by atoms with E-state index in [1.54, 1.807) is 11.3 Å². The maximum absolute atomic E-state index is 6.43. The second-order valence-corrected chi connectivity index (χ2v) is 12.4. The van der Waals surface area contributed by atoms with Crippen LogP contribution in [0.4, 0.5) is 0 Å². The Morgan fingerprint density at radius 3 is 2.42 bits per heavy atom. The normalized spacial score (nSPS) is 13.3. The van der Waals surface area contributed by atoms with Crippen molar-refractivity contribution in [3.63, 3.8) is 0 Å². The van der Waals surface area contributed by atoms with Gasteiger partial charge in [-0.25, -0.2) is 9.97 Å². The van der Waals surface area contributed by atoms with Crippen molar-refractivity contribution in [2.45, 2.75) is 12.8 Å². The number of aromatic nitrogens is 3. The SMILES string of the molecule is C1=Cc2c(oc3cc4c(cc23)c2ccccc2n4-c2nc(-c3ccccc3)c3sc4cc5ccccc5cc4c3n2)CC1. The van der Waals surface area contributed by atoms with Crippen molar-refractivity contribution < 1.29 is 4.42 Å². The van der Waals surface area contributed by atoms with Crippen LogP contribution in [0.3, 0.4) is 0 Å². The zero-order chi connectivity index (χ0) is 28.1. The molecule has 0 unspecified atom stereocenters. The minimum absolute atomic E-state index is 0.668. The summed E-state index contributed by atoms with van der Waals surface area (Å²) in [5.74, 6) is 1.74. The Hall–Kier alpha value is -5.26. The molecule has 43 heavy (non-hydrogen) atoms. The highest BCUT2D eigenvalue weighted by atomic mass is 32.1. The minimum Gasteiger partial charge on any atom is -0.460 e. The fraction of sp³-hybridized carbons (Fsp3) is 0.0526. The van der Waals surface area contributed by atoms with Crippen LogP contribution >= 0.6 is 11.3 Å². The standard InChI is InChI=1S/C38H23N3OS/c1-2-10-22(11-3-1)35-37-36(29-18-23-12-4-5-13-24(23)19-34(29)43-37)40-38(39-35)41-30-16-8-6-14-25(30)27-20-28-26-15-7-9-17-32(26)42-33(28)21-31(27)41/h1-8,10-16,18-21H,9,17H2. The van der Waals surface area contributed by atoms with Crippen molar-refractivity contribution in [3.8, 4) is 17.2 Å². The van der Waals surface area contributed by atoms with Crippen LogP contribution in [-0.4, -0.2) is 14.5 Å². The van der Waals surface area contributed by atoms with Gasteiger partial charge in [0.2, 0.25) is 5.95 Å². The van der Waals surface area contributed by atoms with Gasteiger partial charge >= 0.3 is 0 Å². The number of para-hydroxylation sites is 1. The first-order chi connectivity index (χ1) is 21.3. The van der Waals surface area contributed by atoms with E-state index in [-0.39, 0.29) is 0 Å². The first-order valence-electron chi connectivity index (χ1n) is 14.6. The molecule has 5 heteroatoms. The van der Waals surface area contributed by atoms with Gasteiger partial charge in [0.25, 0.3) is 0 Å². The molecule has 1 aliphatic carbocycles. The van der Waals surface area contributed by atoms with E-state index >= 15 is 0 Å². The van der Waals surface area contributed by atoms with E-state index in [9.17, 15) is 0 Å². The second kappa shape index (κ2) is 8.63. The van der Waals surface area contributed by atoms with E-state index in [2.05, 4.69) is 120 Å². The number of allylic oxidation sites excluding steroid dienone is 1. The molecule has 10 rings (SSSR count). The molecule has 0 fully saturated rings. The first kappa shape index (κ1) is 23.3. The van der Waals surface area contributed by atoms with Crippen molar-refractivity contribution >= 4 is 81.3 Å². The summed E-state index contributed by atoms with van der Waals surface area (Å²) in [5.41, 5.74) is 7.27. The van der Waals surface area contributed by atoms with Crippen molar-refractivity contribution in [2.24, 2.45) is 0 Å². The maximum atomic E-state index is 6.43. The Bertz CT molecular complexity index is 2620. The van der Waals surface area contributed by atoms with Crippen LogP contribution in [0.25, 0.3) is 87.1 Å². The third kappa shape index (κ3) is 3.31. The Morgan fingerprint density at radius 1 is 0.698 bits per heavy atom. The Kier molecular flexibility index (Phi) is 4.68. The van der Waals surface area contributed by atoms with Gasteiger partial charge in [-0.05, 0) is 41.5 Å². The second-order valence-electron chi connectivity index (χ2n) is 11.3. The molecule has 0 saturated carbocycles. The number of aryl methyl sites for hydroxylation is 1. The highest BCUT2D eigenvalue weighted by Crippen LogP contribution is 2.42. The lowest BCUT2D eigenvalue weighted by Crippen LogP contribution is -2.02. The number of rotatable bonds is 2. The van der Waals surface area contributed by atoms with Gasteiger partial charge in [0.15, 0.2) is 0 Å². The van der Waals surface area contributed by atoms with E-state index in [1.165, 1.54) is 37.2 Å². The highest BCUT2D eigenvalue weighted by Gasteiger charge is 2.22. The lowest BCUT2D eigenvalue weighted by atomic mass is 10.0. The lowest BCUT2D eigenvalue weighted by Gasteiger charge is -2.10. The molecule has 5 aromatic carbocycles. The molecule has 0 amide bonds. The zero-order valence-electron chi connectivity index (χ0n) is 23.0. The third-order valence-corrected chi connectivity index (χ3v) is 9.98. The van der Waals surface area contributed by atoms with Gasteiger partial charge in [-0.2, -0.15) is 0 Å². The predicted molar refractivity (Wildman–Crippen MR) is 179 cm³/mol. The number of fused-ring (bicyclic) bond motifs is 10. The van der Waals surface area contributed by atoms with Gasteiger partial charge < -0.3 is 4.42 Å². The van der Waals surface area contributed by atoms with Crippen molar-refractivity contribution in [1.82, 2.24) is 14.5 Å². The van der Waals surface area contributed by atoms with Crippen LogP contribution in [0.2, 0.25) is 0 Å². The number of benzene rings is 5. The van der Waals surface area contributed by atoms with Crippen LogP contribution in [0.1, 0.15) is 17.7 Å². The summed E-state index contributed by atoms with van der Waals surface area (Å²) in [6.45, 7) is 0. The quantitative estimate of drug-likeness (QED) is 0.208. The Labute approximate surface area is 250 Å². The smallest absolute Gasteiger partial charge is 0.235 e. The summed E-state index contributed by atoms with van der Waals surface area (Å²) in [4.78, 5) is 10.7. The summed E-state index contributed by atoms with van der Waals surface area (Å²) >= 11 is 1.77. The molecule has 4 heterocycles. The van der Waals surface area contributed by atoms with Gasteiger partial charge in [-0.1, -0.05) is 84.9 Å². The number of thiophene rings is 1. The van der Waals surface area contributed by atoms with E-state index in [0.29, 0.717) is 5.95 Å². The van der Waals surface area contributed by atoms with Gasteiger partial charge in [0, 0.05) is 49.9 Å². The number of hydrogen-bond donors (Lipinski definition) is 0. The zero-order valence-corrected chi connectivity index (χ0v) is 23.9. The number of nitrogens with zero attached hydrogens (tertiary/aromatic N) is 3. The lowest BCUT2D eigenvalue weighted by molar-refractivity contribution is 0.546. The highest BCUT2D eigenvalue weighted by molar-refractivity contribution is 7.26. The van der Waals surface area contributed by atoms with E-state index < -0.39 is 0 Å². The van der Waals surface area contributed by atoms with Crippen LogP contribution < -0.4 is 0 Å². The van der Waals surface area contributed by atoms with Gasteiger partial charge in [-0.3, -0.25) is 4.57 Å². The molecule has 202 valence electrons. The molecule has 4 aromatic heterocycles. The molecule has 0 N–H and O–H groups in total. The van der Waals surface area contributed by atoms with E-state index in [0.717, 1.165) is 62.1 Å². The van der Waals surface area contributed by atoms with E-state index in [1.807, 2.05) is 0 Å². The Balaban J connectivity index is 1.34. The summed E-state index contributed by atoms with van der Waals surface area (Å²) in [6, 6.07) is 36.7. The van der Waals surface area contributed by atoms with Crippen LogP contribution in [0, 0.1) is 0 Å². The van der Waals surface area contributed by atoms with E-state index in [4.69, 9.17) is 14.4 Å². The predicted octanol–water partition coefficient (Wildman–Crippen LogP) is 10.5. The fourth-order valence-electron chi connectivity index (χ4n) is 6.84. The summed E-state index contributed by atoms with van der Waals surface area (Å²) < 4.78 is 11.0. The van der Waals surface area contributed by atoms with Crippen LogP contribution in [0.5, 0.6) is 0 Å². The van der Waals surface area contributed by atoms with Crippen molar-refractivity contribution in [1.29, 1.82) is 0 Å². The molecule has 0 radical (unpaired) electrons.